The van der Waals surface area contributed by atoms with E-state index in [4.69, 9.17) is 0 Å². The van der Waals surface area contributed by atoms with E-state index in [1.807, 2.05) is 6.92 Å². The van der Waals surface area contributed by atoms with E-state index in [0.717, 1.165) is 31.4 Å². The molecule has 2 rings (SSSR count). The summed E-state index contributed by atoms with van der Waals surface area (Å²) in [5, 5.41) is 13.3. The monoisotopic (exact) mass is 252 g/mol. The number of nitro groups is 1. The minimum atomic E-state index is -0.994. The van der Waals surface area contributed by atoms with Gasteiger partial charge in [0, 0.05) is 17.2 Å². The van der Waals surface area contributed by atoms with E-state index in [2.05, 4.69) is 5.32 Å². The molecule has 0 atom stereocenters. The van der Waals surface area contributed by atoms with Crippen LogP contribution in [0.1, 0.15) is 36.5 Å². The zero-order chi connectivity index (χ0) is 13.3. The number of carbonyl (C=O) groups excluding carboxylic acids is 1. The molecule has 1 saturated carbocycles. The van der Waals surface area contributed by atoms with Crippen molar-refractivity contribution in [2.75, 3.05) is 0 Å². The summed E-state index contributed by atoms with van der Waals surface area (Å²) in [4.78, 5) is 21.5. The number of hydrogen-bond acceptors (Lipinski definition) is 3. The maximum atomic E-state index is 13.4. The van der Waals surface area contributed by atoms with Gasteiger partial charge in [0.15, 0.2) is 0 Å². The van der Waals surface area contributed by atoms with Crippen molar-refractivity contribution in [2.45, 2.75) is 31.7 Å². The molecule has 0 aromatic heterocycles. The third kappa shape index (κ3) is 2.32. The van der Waals surface area contributed by atoms with E-state index in [-0.39, 0.29) is 11.1 Å². The SMILES string of the molecule is CC1(NC(=O)c2ccc([N+](=O)[O-])c(F)c2)CCC1. The molecule has 96 valence electrons. The van der Waals surface area contributed by atoms with Gasteiger partial charge >= 0.3 is 5.69 Å². The molecule has 0 heterocycles. The molecule has 18 heavy (non-hydrogen) atoms. The maximum absolute atomic E-state index is 13.4. The lowest BCUT2D eigenvalue weighted by Gasteiger charge is -2.39. The number of hydrogen-bond donors (Lipinski definition) is 1. The van der Waals surface area contributed by atoms with Crippen LogP contribution in [-0.2, 0) is 0 Å². The normalized spacial score (nSPS) is 16.8. The van der Waals surface area contributed by atoms with Crippen molar-refractivity contribution >= 4 is 11.6 Å². The molecule has 0 aliphatic heterocycles. The molecule has 1 N–H and O–H groups in total. The topological polar surface area (TPSA) is 72.2 Å². The third-order valence-corrected chi connectivity index (χ3v) is 3.28. The van der Waals surface area contributed by atoms with Crippen molar-refractivity contribution in [3.8, 4) is 0 Å². The summed E-state index contributed by atoms with van der Waals surface area (Å²) >= 11 is 0. The van der Waals surface area contributed by atoms with Gasteiger partial charge in [-0.15, -0.1) is 0 Å². The van der Waals surface area contributed by atoms with Gasteiger partial charge in [0.05, 0.1) is 4.92 Å². The number of nitrogens with zero attached hydrogens (tertiary/aromatic N) is 1. The molecule has 0 spiro atoms. The van der Waals surface area contributed by atoms with Crippen LogP contribution in [0.3, 0.4) is 0 Å². The lowest BCUT2D eigenvalue weighted by molar-refractivity contribution is -0.387. The average molecular weight is 252 g/mol. The van der Waals surface area contributed by atoms with Gasteiger partial charge < -0.3 is 5.32 Å². The second-order valence-corrected chi connectivity index (χ2v) is 4.79. The van der Waals surface area contributed by atoms with E-state index in [9.17, 15) is 19.3 Å². The largest absolute Gasteiger partial charge is 0.347 e. The zero-order valence-electron chi connectivity index (χ0n) is 9.90. The number of benzene rings is 1. The van der Waals surface area contributed by atoms with Crippen LogP contribution >= 0.6 is 0 Å². The first kappa shape index (κ1) is 12.5. The molecular formula is C12H13FN2O3. The molecule has 0 bridgehead atoms. The van der Waals surface area contributed by atoms with Gasteiger partial charge in [-0.25, -0.2) is 0 Å². The predicted octanol–water partition coefficient (Wildman–Crippen LogP) is 2.41. The second kappa shape index (κ2) is 4.36. The quantitative estimate of drug-likeness (QED) is 0.663. The summed E-state index contributed by atoms with van der Waals surface area (Å²) < 4.78 is 13.4. The van der Waals surface area contributed by atoms with E-state index in [1.165, 1.54) is 6.07 Å². The van der Waals surface area contributed by atoms with Gasteiger partial charge in [0.25, 0.3) is 5.91 Å². The fourth-order valence-electron chi connectivity index (χ4n) is 1.97. The Kier molecular flexibility index (Phi) is 3.02. The maximum Gasteiger partial charge on any atom is 0.304 e. The fraction of sp³-hybridized carbons (Fsp3) is 0.417. The number of amides is 1. The van der Waals surface area contributed by atoms with Crippen molar-refractivity contribution in [1.29, 1.82) is 0 Å². The standard InChI is InChI=1S/C12H13FN2O3/c1-12(5-2-6-12)14-11(16)8-3-4-10(15(17)18)9(13)7-8/h3-4,7H,2,5-6H2,1H3,(H,14,16). The molecule has 6 heteroatoms. The summed E-state index contributed by atoms with van der Waals surface area (Å²) in [7, 11) is 0. The molecule has 1 aromatic rings. The molecule has 0 saturated heterocycles. The van der Waals surface area contributed by atoms with Crippen LogP contribution < -0.4 is 5.32 Å². The summed E-state index contributed by atoms with van der Waals surface area (Å²) in [5.41, 5.74) is -0.748. The summed E-state index contributed by atoms with van der Waals surface area (Å²) in [6.45, 7) is 1.93. The Morgan fingerprint density at radius 3 is 2.61 bits per heavy atom. The van der Waals surface area contributed by atoms with Crippen LogP contribution in [0.2, 0.25) is 0 Å². The fourth-order valence-corrected chi connectivity index (χ4v) is 1.97. The first-order valence-electron chi connectivity index (χ1n) is 5.68. The number of nitrogens with one attached hydrogen (secondary N) is 1. The van der Waals surface area contributed by atoms with Crippen LogP contribution in [0.4, 0.5) is 10.1 Å². The smallest absolute Gasteiger partial charge is 0.304 e. The second-order valence-electron chi connectivity index (χ2n) is 4.79. The minimum Gasteiger partial charge on any atom is -0.347 e. The van der Waals surface area contributed by atoms with Crippen molar-refractivity contribution < 1.29 is 14.1 Å². The van der Waals surface area contributed by atoms with Crippen LogP contribution in [0.5, 0.6) is 0 Å². The molecule has 0 radical (unpaired) electrons. The molecule has 5 nitrogen and oxygen atoms in total. The highest BCUT2D eigenvalue weighted by Gasteiger charge is 2.33. The molecular weight excluding hydrogens is 239 g/mol. The zero-order valence-corrected chi connectivity index (χ0v) is 9.90. The highest BCUT2D eigenvalue weighted by molar-refractivity contribution is 5.95. The minimum absolute atomic E-state index is 0.103. The summed E-state index contributed by atoms with van der Waals surface area (Å²) in [5.74, 6) is -1.39. The lowest BCUT2D eigenvalue weighted by Crippen LogP contribution is -2.50. The molecule has 1 aliphatic carbocycles. The van der Waals surface area contributed by atoms with Gasteiger partial charge in [-0.2, -0.15) is 4.39 Å². The number of halogens is 1. The Balaban J connectivity index is 2.16. The summed E-state index contributed by atoms with van der Waals surface area (Å²) in [6.07, 6.45) is 2.85. The highest BCUT2D eigenvalue weighted by Crippen LogP contribution is 2.31. The molecule has 1 amide bonds. The number of carbonyl (C=O) groups is 1. The van der Waals surface area contributed by atoms with Crippen molar-refractivity contribution in [1.82, 2.24) is 5.32 Å². The highest BCUT2D eigenvalue weighted by atomic mass is 19.1. The van der Waals surface area contributed by atoms with Gasteiger partial charge in [-0.1, -0.05) is 0 Å². The van der Waals surface area contributed by atoms with Crippen LogP contribution in [-0.4, -0.2) is 16.4 Å². The Bertz CT molecular complexity index is 512. The third-order valence-electron chi connectivity index (χ3n) is 3.28. The van der Waals surface area contributed by atoms with E-state index >= 15 is 0 Å². The Labute approximate surface area is 103 Å². The van der Waals surface area contributed by atoms with Crippen LogP contribution in [0, 0.1) is 15.9 Å². The molecule has 0 unspecified atom stereocenters. The van der Waals surface area contributed by atoms with Gasteiger partial charge in [-0.3, -0.25) is 14.9 Å². The van der Waals surface area contributed by atoms with E-state index in [1.54, 1.807) is 0 Å². The molecule has 1 aromatic carbocycles. The Morgan fingerprint density at radius 2 is 2.17 bits per heavy atom. The Hall–Kier alpha value is -1.98. The first-order valence-corrected chi connectivity index (χ1v) is 5.68. The van der Waals surface area contributed by atoms with Crippen molar-refractivity contribution in [3.63, 3.8) is 0 Å². The number of rotatable bonds is 3. The average Bonchev–Trinajstić information content (AvgIpc) is 2.26. The Morgan fingerprint density at radius 1 is 1.50 bits per heavy atom. The van der Waals surface area contributed by atoms with Crippen LogP contribution in [0.25, 0.3) is 0 Å². The van der Waals surface area contributed by atoms with Crippen molar-refractivity contribution in [3.05, 3.63) is 39.7 Å². The summed E-state index contributed by atoms with van der Waals surface area (Å²) in [6, 6.07) is 3.17. The van der Waals surface area contributed by atoms with Crippen LogP contribution in [0.15, 0.2) is 18.2 Å². The van der Waals surface area contributed by atoms with Gasteiger partial charge in [0.1, 0.15) is 0 Å². The first-order chi connectivity index (χ1) is 8.41. The lowest BCUT2D eigenvalue weighted by atomic mass is 9.78. The molecule has 1 fully saturated rings. The number of nitro benzene ring substituents is 1. The van der Waals surface area contributed by atoms with Crippen molar-refractivity contribution in [2.24, 2.45) is 0 Å². The van der Waals surface area contributed by atoms with E-state index in [0.29, 0.717) is 0 Å². The predicted molar refractivity (Wildman–Crippen MR) is 62.8 cm³/mol. The van der Waals surface area contributed by atoms with E-state index < -0.39 is 22.3 Å². The molecule has 1 aliphatic rings. The van der Waals surface area contributed by atoms with Gasteiger partial charge in [0.2, 0.25) is 5.82 Å². The van der Waals surface area contributed by atoms with Gasteiger partial charge in [-0.05, 0) is 38.3 Å².